The van der Waals surface area contributed by atoms with Gasteiger partial charge < -0.3 is 9.64 Å². The summed E-state index contributed by atoms with van der Waals surface area (Å²) in [4.78, 5) is 31.0. The van der Waals surface area contributed by atoms with Gasteiger partial charge in [-0.2, -0.15) is 0 Å². The number of para-hydroxylation sites is 1. The molecule has 1 aliphatic carbocycles. The number of ether oxygens (including phenoxy) is 1. The highest BCUT2D eigenvalue weighted by atomic mass is 16.5. The van der Waals surface area contributed by atoms with Crippen molar-refractivity contribution >= 4 is 23.1 Å². The molecule has 0 aromatic heterocycles. The molecule has 2 aliphatic rings. The molecular formula is C28H34N2O3. The Morgan fingerprint density at radius 1 is 0.879 bits per heavy atom. The molecule has 0 spiro atoms. The third kappa shape index (κ3) is 4.97. The van der Waals surface area contributed by atoms with Crippen molar-refractivity contribution in [1.29, 1.82) is 0 Å². The van der Waals surface area contributed by atoms with E-state index in [-0.39, 0.29) is 17.9 Å². The summed E-state index contributed by atoms with van der Waals surface area (Å²) in [5.41, 5.74) is 2.57. The number of anilines is 1. The molecule has 1 aliphatic heterocycles. The molecule has 0 N–H and O–H groups in total. The zero-order chi connectivity index (χ0) is 23.2. The van der Waals surface area contributed by atoms with E-state index in [1.807, 2.05) is 66.5 Å². The van der Waals surface area contributed by atoms with Crippen molar-refractivity contribution in [1.82, 2.24) is 4.90 Å². The van der Waals surface area contributed by atoms with Crippen molar-refractivity contribution in [2.45, 2.75) is 64.3 Å². The van der Waals surface area contributed by atoms with Crippen molar-refractivity contribution in [2.75, 3.05) is 18.6 Å². The topological polar surface area (TPSA) is 49.9 Å². The second-order valence-electron chi connectivity index (χ2n) is 8.97. The lowest BCUT2D eigenvalue weighted by molar-refractivity contribution is -0.140. The van der Waals surface area contributed by atoms with Crippen LogP contribution in [0.5, 0.6) is 5.75 Å². The fourth-order valence-corrected chi connectivity index (χ4v) is 4.85. The summed E-state index contributed by atoms with van der Waals surface area (Å²) in [6.07, 6.45) is 8.41. The Hall–Kier alpha value is -3.08. The van der Waals surface area contributed by atoms with Gasteiger partial charge in [-0.1, -0.05) is 69.4 Å². The van der Waals surface area contributed by atoms with Crippen LogP contribution in [0, 0.1) is 0 Å². The van der Waals surface area contributed by atoms with Gasteiger partial charge in [0.1, 0.15) is 11.4 Å². The Bertz CT molecular complexity index is 990. The van der Waals surface area contributed by atoms with Crippen LogP contribution in [0.25, 0.3) is 5.57 Å². The SMILES string of the molecule is CCCOc1ccc(C2=C(N(C)c3ccccc3)C(=O)N(C3CCCCCCC3)C2=O)cc1. The lowest BCUT2D eigenvalue weighted by atomic mass is 9.95. The van der Waals surface area contributed by atoms with E-state index in [2.05, 4.69) is 6.92 Å². The number of carbonyl (C=O) groups is 2. The first-order chi connectivity index (χ1) is 16.1. The number of nitrogens with zero attached hydrogens (tertiary/aromatic N) is 2. The molecule has 5 heteroatoms. The van der Waals surface area contributed by atoms with E-state index in [4.69, 9.17) is 4.74 Å². The van der Waals surface area contributed by atoms with Gasteiger partial charge in [0.05, 0.1) is 12.2 Å². The van der Waals surface area contributed by atoms with Crippen molar-refractivity contribution < 1.29 is 14.3 Å². The van der Waals surface area contributed by atoms with E-state index in [9.17, 15) is 9.59 Å². The molecule has 0 saturated heterocycles. The zero-order valence-electron chi connectivity index (χ0n) is 19.8. The molecule has 0 atom stereocenters. The van der Waals surface area contributed by atoms with Crippen molar-refractivity contribution in [3.63, 3.8) is 0 Å². The summed E-state index contributed by atoms with van der Waals surface area (Å²) in [7, 11) is 1.87. The fraction of sp³-hybridized carbons (Fsp3) is 0.429. The number of likely N-dealkylation sites (N-methyl/N-ethyl adjacent to an activating group) is 1. The fourth-order valence-electron chi connectivity index (χ4n) is 4.85. The molecule has 2 amide bonds. The quantitative estimate of drug-likeness (QED) is 0.504. The number of amides is 2. The first kappa shape index (κ1) is 23.1. The Labute approximate surface area is 197 Å². The van der Waals surface area contributed by atoms with Gasteiger partial charge in [-0.15, -0.1) is 0 Å². The first-order valence-corrected chi connectivity index (χ1v) is 12.3. The molecule has 0 radical (unpaired) electrons. The summed E-state index contributed by atoms with van der Waals surface area (Å²) < 4.78 is 5.72. The minimum Gasteiger partial charge on any atom is -0.494 e. The number of rotatable bonds is 7. The van der Waals surface area contributed by atoms with Crippen LogP contribution in [0.4, 0.5) is 5.69 Å². The highest BCUT2D eigenvalue weighted by molar-refractivity contribution is 6.36. The highest BCUT2D eigenvalue weighted by Gasteiger charge is 2.44. The molecule has 33 heavy (non-hydrogen) atoms. The molecular weight excluding hydrogens is 412 g/mol. The monoisotopic (exact) mass is 446 g/mol. The third-order valence-electron chi connectivity index (χ3n) is 6.63. The maximum Gasteiger partial charge on any atom is 0.278 e. The van der Waals surface area contributed by atoms with E-state index < -0.39 is 0 Å². The average molecular weight is 447 g/mol. The molecule has 2 aromatic carbocycles. The number of benzene rings is 2. The Morgan fingerprint density at radius 2 is 1.52 bits per heavy atom. The maximum absolute atomic E-state index is 13.8. The van der Waals surface area contributed by atoms with Gasteiger partial charge in [0.2, 0.25) is 0 Å². The Balaban J connectivity index is 1.72. The molecule has 1 heterocycles. The van der Waals surface area contributed by atoms with Gasteiger partial charge >= 0.3 is 0 Å². The van der Waals surface area contributed by atoms with E-state index in [0.29, 0.717) is 17.9 Å². The predicted octanol–water partition coefficient (Wildman–Crippen LogP) is 5.80. The minimum atomic E-state index is -0.182. The van der Waals surface area contributed by atoms with Gasteiger partial charge in [-0.05, 0) is 49.1 Å². The van der Waals surface area contributed by atoms with Crippen LogP contribution in [0.1, 0.15) is 63.9 Å². The minimum absolute atomic E-state index is 0.0332. The molecule has 174 valence electrons. The third-order valence-corrected chi connectivity index (χ3v) is 6.63. The van der Waals surface area contributed by atoms with Crippen molar-refractivity contribution in [3.05, 3.63) is 65.9 Å². The second kappa shape index (κ2) is 10.7. The number of imide groups is 1. The van der Waals surface area contributed by atoms with Crippen LogP contribution in [0.15, 0.2) is 60.3 Å². The Kier molecular flexibility index (Phi) is 7.48. The van der Waals surface area contributed by atoms with Crippen LogP contribution in [-0.2, 0) is 9.59 Å². The highest BCUT2D eigenvalue weighted by Crippen LogP contribution is 2.37. The van der Waals surface area contributed by atoms with Crippen LogP contribution >= 0.6 is 0 Å². The normalized spacial score (nSPS) is 17.8. The lowest BCUT2D eigenvalue weighted by Gasteiger charge is -2.29. The summed E-state index contributed by atoms with van der Waals surface area (Å²) in [5.74, 6) is 0.414. The molecule has 5 nitrogen and oxygen atoms in total. The predicted molar refractivity (Wildman–Crippen MR) is 132 cm³/mol. The second-order valence-corrected chi connectivity index (χ2v) is 8.97. The Morgan fingerprint density at radius 3 is 2.15 bits per heavy atom. The van der Waals surface area contributed by atoms with Crippen LogP contribution in [0.2, 0.25) is 0 Å². The molecule has 0 unspecified atom stereocenters. The summed E-state index contributed by atoms with van der Waals surface area (Å²) >= 11 is 0. The summed E-state index contributed by atoms with van der Waals surface area (Å²) in [5, 5.41) is 0. The molecule has 1 saturated carbocycles. The number of carbonyl (C=O) groups excluding carboxylic acids is 2. The molecule has 1 fully saturated rings. The van der Waals surface area contributed by atoms with E-state index in [1.165, 1.54) is 19.3 Å². The molecule has 0 bridgehead atoms. The van der Waals surface area contributed by atoms with Crippen LogP contribution in [-0.4, -0.2) is 36.4 Å². The van der Waals surface area contributed by atoms with Gasteiger partial charge in [0, 0.05) is 18.8 Å². The van der Waals surface area contributed by atoms with Gasteiger partial charge in [-0.3, -0.25) is 14.5 Å². The smallest absolute Gasteiger partial charge is 0.278 e. The number of hydrogen-bond acceptors (Lipinski definition) is 4. The van der Waals surface area contributed by atoms with Crippen molar-refractivity contribution in [2.24, 2.45) is 0 Å². The first-order valence-electron chi connectivity index (χ1n) is 12.3. The zero-order valence-corrected chi connectivity index (χ0v) is 19.8. The van der Waals surface area contributed by atoms with Crippen LogP contribution < -0.4 is 9.64 Å². The maximum atomic E-state index is 13.8. The van der Waals surface area contributed by atoms with Gasteiger partial charge in [0.25, 0.3) is 11.8 Å². The van der Waals surface area contributed by atoms with Gasteiger partial charge in [-0.25, -0.2) is 0 Å². The van der Waals surface area contributed by atoms with Gasteiger partial charge in [0.15, 0.2) is 0 Å². The standard InChI is InChI=1S/C28H34N2O3/c1-3-20-33-24-18-16-21(17-19-24)25-26(29(2)22-12-10-7-11-13-22)28(32)30(27(25)31)23-14-8-5-4-6-9-15-23/h7,10-13,16-19,23H,3-6,8-9,14-15,20H2,1-2H3. The van der Waals surface area contributed by atoms with E-state index in [0.717, 1.165) is 49.1 Å². The van der Waals surface area contributed by atoms with Crippen molar-refractivity contribution in [3.8, 4) is 5.75 Å². The summed E-state index contributed by atoms with van der Waals surface area (Å²) in [6.45, 7) is 2.72. The molecule has 4 rings (SSSR count). The number of hydrogen-bond donors (Lipinski definition) is 0. The van der Waals surface area contributed by atoms with Crippen LogP contribution in [0.3, 0.4) is 0 Å². The van der Waals surface area contributed by atoms with E-state index >= 15 is 0 Å². The lowest BCUT2D eigenvalue weighted by Crippen LogP contribution is -2.42. The summed E-state index contributed by atoms with van der Waals surface area (Å²) in [6, 6.07) is 17.3. The largest absolute Gasteiger partial charge is 0.494 e. The molecule has 2 aromatic rings. The average Bonchev–Trinajstić information content (AvgIpc) is 3.08. The van der Waals surface area contributed by atoms with E-state index in [1.54, 1.807) is 4.90 Å².